The second kappa shape index (κ2) is 4.69. The van der Waals surface area contributed by atoms with E-state index in [0.717, 1.165) is 24.9 Å². The van der Waals surface area contributed by atoms with Crippen molar-refractivity contribution in [3.63, 3.8) is 0 Å². The first-order valence-electron chi connectivity index (χ1n) is 6.93. The summed E-state index contributed by atoms with van der Waals surface area (Å²) < 4.78 is 2.31. The Morgan fingerprint density at radius 1 is 1.16 bits per heavy atom. The van der Waals surface area contributed by atoms with Crippen molar-refractivity contribution in [3.8, 4) is 0 Å². The molecule has 2 heteroatoms. The highest BCUT2D eigenvalue weighted by molar-refractivity contribution is 5.98. The van der Waals surface area contributed by atoms with Crippen LogP contribution in [0.2, 0.25) is 0 Å². The van der Waals surface area contributed by atoms with E-state index in [1.165, 1.54) is 22.5 Å². The van der Waals surface area contributed by atoms with E-state index < -0.39 is 0 Å². The summed E-state index contributed by atoms with van der Waals surface area (Å²) in [6.07, 6.45) is 2.73. The van der Waals surface area contributed by atoms with Gasteiger partial charge in [-0.05, 0) is 38.3 Å². The molecule has 0 atom stereocenters. The van der Waals surface area contributed by atoms with Crippen molar-refractivity contribution >= 4 is 5.78 Å². The number of hydrogen-bond acceptors (Lipinski definition) is 1. The molecule has 0 fully saturated rings. The van der Waals surface area contributed by atoms with Gasteiger partial charge in [-0.3, -0.25) is 4.79 Å². The zero-order chi connectivity index (χ0) is 13.4. The first-order chi connectivity index (χ1) is 9.15. The van der Waals surface area contributed by atoms with Gasteiger partial charge in [-0.1, -0.05) is 29.8 Å². The molecule has 0 spiro atoms. The molecule has 0 N–H and O–H groups in total. The molecule has 0 aliphatic heterocycles. The Morgan fingerprint density at radius 3 is 2.79 bits per heavy atom. The largest absolute Gasteiger partial charge is 0.344 e. The van der Waals surface area contributed by atoms with Crippen LogP contribution in [-0.4, -0.2) is 10.4 Å². The van der Waals surface area contributed by atoms with Crippen molar-refractivity contribution in [1.29, 1.82) is 0 Å². The summed E-state index contributed by atoms with van der Waals surface area (Å²) in [7, 11) is 0. The number of carbonyl (C=O) groups excluding carboxylic acids is 1. The highest BCUT2D eigenvalue weighted by Gasteiger charge is 2.22. The van der Waals surface area contributed by atoms with Crippen molar-refractivity contribution in [2.45, 2.75) is 39.7 Å². The van der Waals surface area contributed by atoms with E-state index in [-0.39, 0.29) is 0 Å². The molecular weight excluding hydrogens is 234 g/mol. The van der Waals surface area contributed by atoms with E-state index in [9.17, 15) is 4.79 Å². The predicted molar refractivity (Wildman–Crippen MR) is 76.7 cm³/mol. The van der Waals surface area contributed by atoms with E-state index in [1.54, 1.807) is 0 Å². The predicted octanol–water partition coefficient (Wildman–Crippen LogP) is 3.67. The first kappa shape index (κ1) is 12.2. The topological polar surface area (TPSA) is 22.0 Å². The number of rotatable bonds is 2. The van der Waals surface area contributed by atoms with Crippen LogP contribution in [0.25, 0.3) is 0 Å². The van der Waals surface area contributed by atoms with Gasteiger partial charge in [0.25, 0.3) is 0 Å². The number of ketones is 1. The molecule has 3 rings (SSSR count). The molecule has 19 heavy (non-hydrogen) atoms. The third kappa shape index (κ3) is 2.23. The fraction of sp³-hybridized carbons (Fsp3) is 0.353. The first-order valence-corrected chi connectivity index (χ1v) is 6.93. The van der Waals surface area contributed by atoms with Crippen LogP contribution in [0.3, 0.4) is 0 Å². The Hall–Kier alpha value is -1.83. The second-order valence-electron chi connectivity index (χ2n) is 5.50. The van der Waals surface area contributed by atoms with E-state index >= 15 is 0 Å². The average molecular weight is 253 g/mol. The molecule has 2 aromatic rings. The Labute approximate surface area is 114 Å². The van der Waals surface area contributed by atoms with E-state index in [4.69, 9.17) is 0 Å². The molecule has 0 saturated carbocycles. The van der Waals surface area contributed by atoms with Crippen LogP contribution in [0.4, 0.5) is 0 Å². The van der Waals surface area contributed by atoms with Gasteiger partial charge >= 0.3 is 0 Å². The maximum absolute atomic E-state index is 11.9. The zero-order valence-corrected chi connectivity index (χ0v) is 11.6. The number of Topliss-reactive ketones (excluding diaryl/α,β-unsaturated/α-hetero) is 1. The van der Waals surface area contributed by atoms with Gasteiger partial charge in [0.2, 0.25) is 0 Å². The summed E-state index contributed by atoms with van der Waals surface area (Å²) in [6.45, 7) is 5.09. The minimum Gasteiger partial charge on any atom is -0.344 e. The molecule has 0 saturated heterocycles. The quantitative estimate of drug-likeness (QED) is 0.800. The van der Waals surface area contributed by atoms with Crippen molar-refractivity contribution in [2.75, 3.05) is 0 Å². The number of aryl methyl sites for hydroxylation is 2. The lowest BCUT2D eigenvalue weighted by Gasteiger charge is -2.16. The van der Waals surface area contributed by atoms with Crippen LogP contribution in [0.15, 0.2) is 30.3 Å². The van der Waals surface area contributed by atoms with Crippen LogP contribution in [0.5, 0.6) is 0 Å². The van der Waals surface area contributed by atoms with Gasteiger partial charge in [0, 0.05) is 29.9 Å². The monoisotopic (exact) mass is 253 g/mol. The van der Waals surface area contributed by atoms with Gasteiger partial charge in [0.05, 0.1) is 0 Å². The lowest BCUT2D eigenvalue weighted by molar-refractivity contribution is 0.0972. The minimum absolute atomic E-state index is 0.312. The number of aromatic nitrogens is 1. The van der Waals surface area contributed by atoms with Gasteiger partial charge in [0.1, 0.15) is 0 Å². The third-order valence-electron chi connectivity index (χ3n) is 3.96. The highest BCUT2D eigenvalue weighted by atomic mass is 16.1. The number of nitrogens with zero attached hydrogens (tertiary/aromatic N) is 1. The normalized spacial score (nSPS) is 14.5. The number of hydrogen-bond donors (Lipinski definition) is 0. The van der Waals surface area contributed by atoms with Gasteiger partial charge in [-0.2, -0.15) is 0 Å². The SMILES string of the molecule is Cc1cccc(Cn2c(C)cc3c2CCCC3=O)c1. The Balaban J connectivity index is 1.99. The smallest absolute Gasteiger partial charge is 0.164 e. The molecule has 1 aromatic carbocycles. The molecule has 1 heterocycles. The maximum atomic E-state index is 11.9. The summed E-state index contributed by atoms with van der Waals surface area (Å²) in [6, 6.07) is 10.7. The molecule has 1 aliphatic rings. The Bertz CT molecular complexity index is 637. The van der Waals surface area contributed by atoms with Crippen LogP contribution in [0.1, 0.15) is 45.7 Å². The lowest BCUT2D eigenvalue weighted by Crippen LogP contribution is -2.14. The fourth-order valence-corrected chi connectivity index (χ4v) is 3.00. The molecule has 98 valence electrons. The summed E-state index contributed by atoms with van der Waals surface area (Å²) in [4.78, 5) is 11.9. The van der Waals surface area contributed by atoms with Crippen LogP contribution < -0.4 is 0 Å². The summed E-state index contributed by atoms with van der Waals surface area (Å²) >= 11 is 0. The highest BCUT2D eigenvalue weighted by Crippen LogP contribution is 2.25. The molecule has 0 unspecified atom stereocenters. The molecule has 2 nitrogen and oxygen atoms in total. The number of carbonyl (C=O) groups is 1. The Kier molecular flexibility index (Phi) is 3.02. The molecule has 1 aromatic heterocycles. The number of fused-ring (bicyclic) bond motifs is 1. The molecule has 0 amide bonds. The average Bonchev–Trinajstić information content (AvgIpc) is 2.69. The summed E-state index contributed by atoms with van der Waals surface area (Å²) in [5, 5.41) is 0. The molecule has 1 aliphatic carbocycles. The molecular formula is C17H19NO. The van der Waals surface area contributed by atoms with Crippen LogP contribution in [0, 0.1) is 13.8 Å². The van der Waals surface area contributed by atoms with Gasteiger partial charge in [0.15, 0.2) is 5.78 Å². The van der Waals surface area contributed by atoms with E-state index in [2.05, 4.69) is 48.7 Å². The molecule has 0 radical (unpaired) electrons. The van der Waals surface area contributed by atoms with E-state index in [0.29, 0.717) is 12.2 Å². The Morgan fingerprint density at radius 2 is 2.00 bits per heavy atom. The zero-order valence-electron chi connectivity index (χ0n) is 11.6. The van der Waals surface area contributed by atoms with Crippen molar-refractivity contribution in [3.05, 3.63) is 58.4 Å². The van der Waals surface area contributed by atoms with Crippen molar-refractivity contribution in [1.82, 2.24) is 4.57 Å². The van der Waals surface area contributed by atoms with E-state index in [1.807, 2.05) is 0 Å². The summed E-state index contributed by atoms with van der Waals surface area (Å²) in [5.41, 5.74) is 5.97. The third-order valence-corrected chi connectivity index (χ3v) is 3.96. The minimum atomic E-state index is 0.312. The van der Waals surface area contributed by atoms with Gasteiger partial charge in [-0.15, -0.1) is 0 Å². The van der Waals surface area contributed by atoms with Crippen molar-refractivity contribution < 1.29 is 4.79 Å². The fourth-order valence-electron chi connectivity index (χ4n) is 3.00. The van der Waals surface area contributed by atoms with Crippen LogP contribution in [-0.2, 0) is 13.0 Å². The summed E-state index contributed by atoms with van der Waals surface area (Å²) in [5.74, 6) is 0.312. The van der Waals surface area contributed by atoms with Crippen LogP contribution >= 0.6 is 0 Å². The standard InChI is InChI=1S/C17H19NO/c1-12-5-3-6-14(9-12)11-18-13(2)10-15-16(18)7-4-8-17(15)19/h3,5-6,9-10H,4,7-8,11H2,1-2H3. The van der Waals surface area contributed by atoms with Gasteiger partial charge < -0.3 is 4.57 Å². The lowest BCUT2D eigenvalue weighted by atomic mass is 9.96. The maximum Gasteiger partial charge on any atom is 0.164 e. The second-order valence-corrected chi connectivity index (χ2v) is 5.50. The van der Waals surface area contributed by atoms with Crippen molar-refractivity contribution in [2.24, 2.45) is 0 Å². The van der Waals surface area contributed by atoms with Gasteiger partial charge in [-0.25, -0.2) is 0 Å². The number of benzene rings is 1. The molecule has 0 bridgehead atoms.